The van der Waals surface area contributed by atoms with Crippen LogP contribution in [-0.2, 0) is 16.6 Å². The van der Waals surface area contributed by atoms with Gasteiger partial charge in [-0.05, 0) is 61.2 Å². The SMILES string of the molecule is COc1ccc(C(NC(=O)C2CCN(c3ccc(C)c(C)c3)C2=O)c2nccn2C)cc1. The third-order valence-corrected chi connectivity index (χ3v) is 6.18. The van der Waals surface area contributed by atoms with E-state index in [4.69, 9.17) is 4.74 Å². The Morgan fingerprint density at radius 1 is 1.16 bits per heavy atom. The van der Waals surface area contributed by atoms with E-state index in [0.29, 0.717) is 18.8 Å². The van der Waals surface area contributed by atoms with Crippen LogP contribution in [0.4, 0.5) is 5.69 Å². The number of aromatic nitrogens is 2. The second kappa shape index (κ2) is 8.86. The lowest BCUT2D eigenvalue weighted by molar-refractivity contribution is -0.132. The number of hydrogen-bond donors (Lipinski definition) is 1. The van der Waals surface area contributed by atoms with Gasteiger partial charge in [0, 0.05) is 31.7 Å². The zero-order chi connectivity index (χ0) is 22.8. The molecule has 7 nitrogen and oxygen atoms in total. The van der Waals surface area contributed by atoms with Gasteiger partial charge in [-0.3, -0.25) is 9.59 Å². The maximum absolute atomic E-state index is 13.2. The molecule has 0 bridgehead atoms. The first-order valence-corrected chi connectivity index (χ1v) is 10.7. The molecule has 0 saturated carbocycles. The summed E-state index contributed by atoms with van der Waals surface area (Å²) in [6.07, 6.45) is 4.01. The molecule has 1 N–H and O–H groups in total. The normalized spacial score (nSPS) is 16.8. The maximum Gasteiger partial charge on any atom is 0.239 e. The molecule has 0 spiro atoms. The first-order chi connectivity index (χ1) is 15.4. The van der Waals surface area contributed by atoms with Crippen LogP contribution in [0.5, 0.6) is 5.75 Å². The molecule has 1 aromatic heterocycles. The Kier molecular flexibility index (Phi) is 5.99. The molecule has 166 valence electrons. The molecule has 1 aliphatic rings. The molecule has 4 rings (SSSR count). The molecule has 2 amide bonds. The van der Waals surface area contributed by atoms with Gasteiger partial charge >= 0.3 is 0 Å². The number of anilines is 1. The van der Waals surface area contributed by atoms with Crippen LogP contribution in [0.25, 0.3) is 0 Å². The van der Waals surface area contributed by atoms with Gasteiger partial charge in [-0.2, -0.15) is 0 Å². The number of aryl methyl sites for hydroxylation is 3. The fourth-order valence-corrected chi connectivity index (χ4v) is 4.06. The molecule has 3 aromatic rings. The van der Waals surface area contributed by atoms with Gasteiger partial charge in [-0.15, -0.1) is 0 Å². The standard InChI is InChI=1S/C25H28N4O3/c1-16-5-8-19(15-17(16)2)29-13-11-21(25(29)31)24(30)27-22(23-26-12-14-28(23)3)18-6-9-20(32-4)10-7-18/h5-10,12,14-15,21-22H,11,13H2,1-4H3,(H,27,30). The number of carbonyl (C=O) groups excluding carboxylic acids is 2. The zero-order valence-electron chi connectivity index (χ0n) is 18.8. The molecule has 0 aliphatic carbocycles. The van der Waals surface area contributed by atoms with Crippen LogP contribution in [0.15, 0.2) is 54.9 Å². The first-order valence-electron chi connectivity index (χ1n) is 10.7. The Morgan fingerprint density at radius 2 is 1.91 bits per heavy atom. The summed E-state index contributed by atoms with van der Waals surface area (Å²) < 4.78 is 7.12. The molecule has 1 aliphatic heterocycles. The Bertz CT molecular complexity index is 1140. The van der Waals surface area contributed by atoms with Gasteiger partial charge in [-0.1, -0.05) is 18.2 Å². The Morgan fingerprint density at radius 3 is 2.53 bits per heavy atom. The van der Waals surface area contributed by atoms with E-state index in [1.54, 1.807) is 18.2 Å². The number of benzene rings is 2. The molecule has 2 atom stereocenters. The van der Waals surface area contributed by atoms with E-state index in [1.165, 1.54) is 5.56 Å². The van der Waals surface area contributed by atoms with Crippen molar-refractivity contribution < 1.29 is 14.3 Å². The van der Waals surface area contributed by atoms with Crippen molar-refractivity contribution in [1.82, 2.24) is 14.9 Å². The highest BCUT2D eigenvalue weighted by Crippen LogP contribution is 2.29. The van der Waals surface area contributed by atoms with Crippen LogP contribution < -0.4 is 15.0 Å². The molecule has 2 unspecified atom stereocenters. The summed E-state index contributed by atoms with van der Waals surface area (Å²) in [6.45, 7) is 4.59. The van der Waals surface area contributed by atoms with Crippen molar-refractivity contribution in [3.63, 3.8) is 0 Å². The van der Waals surface area contributed by atoms with Gasteiger partial charge in [0.15, 0.2) is 0 Å². The topological polar surface area (TPSA) is 76.5 Å². The van der Waals surface area contributed by atoms with Crippen LogP contribution in [0, 0.1) is 19.8 Å². The van der Waals surface area contributed by atoms with E-state index in [0.717, 1.165) is 22.6 Å². The highest BCUT2D eigenvalue weighted by Gasteiger charge is 2.39. The second-order valence-electron chi connectivity index (χ2n) is 8.21. The largest absolute Gasteiger partial charge is 0.497 e. The van der Waals surface area contributed by atoms with E-state index in [9.17, 15) is 9.59 Å². The van der Waals surface area contributed by atoms with Crippen molar-refractivity contribution >= 4 is 17.5 Å². The molecule has 0 radical (unpaired) electrons. The van der Waals surface area contributed by atoms with E-state index in [2.05, 4.69) is 10.3 Å². The highest BCUT2D eigenvalue weighted by molar-refractivity contribution is 6.09. The number of hydrogen-bond acceptors (Lipinski definition) is 4. The third kappa shape index (κ3) is 4.10. The zero-order valence-corrected chi connectivity index (χ0v) is 18.8. The molecular formula is C25H28N4O3. The molecular weight excluding hydrogens is 404 g/mol. The average Bonchev–Trinajstić information content (AvgIpc) is 3.39. The number of imidazole rings is 1. The third-order valence-electron chi connectivity index (χ3n) is 6.18. The second-order valence-corrected chi connectivity index (χ2v) is 8.21. The van der Waals surface area contributed by atoms with E-state index in [1.807, 2.05) is 74.1 Å². The summed E-state index contributed by atoms with van der Waals surface area (Å²) >= 11 is 0. The van der Waals surface area contributed by atoms with E-state index in [-0.39, 0.29) is 11.8 Å². The lowest BCUT2D eigenvalue weighted by Crippen LogP contribution is -2.39. The first kappa shape index (κ1) is 21.6. The number of carbonyl (C=O) groups is 2. The predicted molar refractivity (Wildman–Crippen MR) is 123 cm³/mol. The minimum atomic E-state index is -0.724. The summed E-state index contributed by atoms with van der Waals surface area (Å²) in [7, 11) is 3.49. The Hall–Kier alpha value is -3.61. The summed E-state index contributed by atoms with van der Waals surface area (Å²) in [5.74, 6) is 0.246. The minimum absolute atomic E-state index is 0.168. The number of rotatable bonds is 6. The smallest absolute Gasteiger partial charge is 0.239 e. The number of nitrogens with zero attached hydrogens (tertiary/aromatic N) is 3. The number of amides is 2. The quantitative estimate of drug-likeness (QED) is 0.607. The van der Waals surface area contributed by atoms with Gasteiger partial charge < -0.3 is 19.5 Å². The molecule has 1 fully saturated rings. The van der Waals surface area contributed by atoms with E-state index < -0.39 is 12.0 Å². The van der Waals surface area contributed by atoms with Crippen LogP contribution >= 0.6 is 0 Å². The Labute approximate surface area is 188 Å². The Balaban J connectivity index is 1.56. The van der Waals surface area contributed by atoms with Crippen LogP contribution in [0.2, 0.25) is 0 Å². The van der Waals surface area contributed by atoms with Crippen molar-refractivity contribution in [2.24, 2.45) is 13.0 Å². The van der Waals surface area contributed by atoms with Crippen LogP contribution in [0.1, 0.15) is 35.0 Å². The van der Waals surface area contributed by atoms with Gasteiger partial charge in [0.2, 0.25) is 11.8 Å². The molecule has 32 heavy (non-hydrogen) atoms. The highest BCUT2D eigenvalue weighted by atomic mass is 16.5. The molecule has 2 aromatic carbocycles. The predicted octanol–water partition coefficient (Wildman–Crippen LogP) is 3.30. The van der Waals surface area contributed by atoms with Crippen molar-refractivity contribution in [3.8, 4) is 5.75 Å². The van der Waals surface area contributed by atoms with Crippen molar-refractivity contribution in [2.45, 2.75) is 26.3 Å². The molecule has 7 heteroatoms. The molecule has 2 heterocycles. The van der Waals surface area contributed by atoms with Crippen molar-refractivity contribution in [2.75, 3.05) is 18.6 Å². The number of methoxy groups -OCH3 is 1. The average molecular weight is 433 g/mol. The minimum Gasteiger partial charge on any atom is -0.497 e. The van der Waals surface area contributed by atoms with Crippen molar-refractivity contribution in [1.29, 1.82) is 0 Å². The monoisotopic (exact) mass is 432 g/mol. The summed E-state index contributed by atoms with van der Waals surface area (Å²) in [4.78, 5) is 32.5. The van der Waals surface area contributed by atoms with Gasteiger partial charge in [0.1, 0.15) is 23.5 Å². The lowest BCUT2D eigenvalue weighted by atomic mass is 10.0. The fourth-order valence-electron chi connectivity index (χ4n) is 4.06. The van der Waals surface area contributed by atoms with Gasteiger partial charge in [0.25, 0.3) is 0 Å². The summed E-state index contributed by atoms with van der Waals surface area (Å²) in [6, 6.07) is 13.0. The van der Waals surface area contributed by atoms with Crippen LogP contribution in [0.3, 0.4) is 0 Å². The number of nitrogens with one attached hydrogen (secondary N) is 1. The lowest BCUT2D eigenvalue weighted by Gasteiger charge is -2.22. The van der Waals surface area contributed by atoms with Crippen LogP contribution in [-0.4, -0.2) is 35.0 Å². The maximum atomic E-state index is 13.2. The fraction of sp³-hybridized carbons (Fsp3) is 0.320. The number of ether oxygens (including phenoxy) is 1. The molecule has 1 saturated heterocycles. The van der Waals surface area contributed by atoms with Crippen molar-refractivity contribution in [3.05, 3.63) is 77.4 Å². The summed E-state index contributed by atoms with van der Waals surface area (Å²) in [5.41, 5.74) is 4.00. The van der Waals surface area contributed by atoms with Gasteiger partial charge in [0.05, 0.1) is 7.11 Å². The van der Waals surface area contributed by atoms with Gasteiger partial charge in [-0.25, -0.2) is 4.98 Å². The van der Waals surface area contributed by atoms with E-state index >= 15 is 0 Å². The summed E-state index contributed by atoms with van der Waals surface area (Å²) in [5, 5.41) is 3.07.